The fourth-order valence-corrected chi connectivity index (χ4v) is 2.63. The number of aromatic nitrogens is 2. The highest BCUT2D eigenvalue weighted by Crippen LogP contribution is 2.26. The molecule has 0 unspecified atom stereocenters. The number of nitrogens with zero attached hydrogens (tertiary/aromatic N) is 2. The molecule has 0 saturated carbocycles. The van der Waals surface area contributed by atoms with Crippen LogP contribution in [0.2, 0.25) is 0 Å². The number of methoxy groups -OCH3 is 1. The summed E-state index contributed by atoms with van der Waals surface area (Å²) < 4.78 is 5.41. The van der Waals surface area contributed by atoms with E-state index < -0.39 is 0 Å². The highest BCUT2D eigenvalue weighted by Gasteiger charge is 2.07. The first-order valence-electron chi connectivity index (χ1n) is 8.42. The second-order valence-corrected chi connectivity index (χ2v) is 6.16. The minimum Gasteiger partial charge on any atom is -0.496 e. The Hall–Kier alpha value is -2.94. The Bertz CT molecular complexity index is 884. The quantitative estimate of drug-likeness (QED) is 0.624. The fourth-order valence-electron chi connectivity index (χ4n) is 2.63. The third-order valence-corrected chi connectivity index (χ3v) is 4.05. The molecule has 3 nitrogen and oxygen atoms in total. The molecule has 1 aromatic heterocycles. The molecule has 1 heterocycles. The highest BCUT2D eigenvalue weighted by molar-refractivity contribution is 5.70. The third kappa shape index (κ3) is 4.13. The summed E-state index contributed by atoms with van der Waals surface area (Å²) in [7, 11) is 1.66. The van der Waals surface area contributed by atoms with Gasteiger partial charge in [-0.25, -0.2) is 9.97 Å². The van der Waals surface area contributed by atoms with Crippen LogP contribution in [-0.2, 0) is 0 Å². The molecule has 0 atom stereocenters. The molecule has 0 aliphatic rings. The Balaban J connectivity index is 1.88. The summed E-state index contributed by atoms with van der Waals surface area (Å²) >= 11 is 0. The number of hydrogen-bond acceptors (Lipinski definition) is 3. The lowest BCUT2D eigenvalue weighted by Gasteiger charge is -2.07. The lowest BCUT2D eigenvalue weighted by Crippen LogP contribution is -1.94. The average Bonchev–Trinajstić information content (AvgIpc) is 2.67. The van der Waals surface area contributed by atoms with E-state index in [1.165, 1.54) is 11.1 Å². The van der Waals surface area contributed by atoms with Crippen LogP contribution in [0.4, 0.5) is 0 Å². The van der Waals surface area contributed by atoms with Crippen LogP contribution in [0.5, 0.6) is 5.75 Å². The van der Waals surface area contributed by atoms with E-state index in [9.17, 15) is 0 Å². The number of benzene rings is 2. The molecule has 0 amide bonds. The summed E-state index contributed by atoms with van der Waals surface area (Å²) in [6, 6.07) is 18.2. The molecule has 0 bridgehead atoms. The molecule has 0 N–H and O–H groups in total. The van der Waals surface area contributed by atoms with Gasteiger partial charge in [-0.05, 0) is 41.3 Å². The Morgan fingerprint density at radius 2 is 1.80 bits per heavy atom. The normalized spacial score (nSPS) is 11.2. The van der Waals surface area contributed by atoms with Crippen molar-refractivity contribution in [1.29, 1.82) is 0 Å². The summed E-state index contributed by atoms with van der Waals surface area (Å²) in [4.78, 5) is 9.03. The molecular weight excluding hydrogens is 308 g/mol. The molecule has 0 aliphatic carbocycles. The largest absolute Gasteiger partial charge is 0.496 e. The van der Waals surface area contributed by atoms with Gasteiger partial charge >= 0.3 is 0 Å². The van der Waals surface area contributed by atoms with E-state index >= 15 is 0 Å². The first-order chi connectivity index (χ1) is 12.2. The second-order valence-electron chi connectivity index (χ2n) is 6.16. The van der Waals surface area contributed by atoms with Gasteiger partial charge in [-0.2, -0.15) is 0 Å². The topological polar surface area (TPSA) is 35.0 Å². The zero-order valence-electron chi connectivity index (χ0n) is 14.8. The van der Waals surface area contributed by atoms with Gasteiger partial charge in [-0.3, -0.25) is 0 Å². The zero-order valence-corrected chi connectivity index (χ0v) is 14.8. The van der Waals surface area contributed by atoms with E-state index in [2.05, 4.69) is 54.2 Å². The van der Waals surface area contributed by atoms with Crippen molar-refractivity contribution >= 4 is 12.2 Å². The van der Waals surface area contributed by atoms with Gasteiger partial charge in [0.2, 0.25) is 0 Å². The SMILES string of the molecule is COc1ccccc1-c1nccc(/C=C/c2cccc(C(C)C)c2)n1. The molecule has 2 aromatic carbocycles. The molecular formula is C22H22N2O. The van der Waals surface area contributed by atoms with E-state index in [1.807, 2.05) is 36.4 Å². The summed E-state index contributed by atoms with van der Waals surface area (Å²) in [6.45, 7) is 4.40. The third-order valence-electron chi connectivity index (χ3n) is 4.05. The number of hydrogen-bond donors (Lipinski definition) is 0. The van der Waals surface area contributed by atoms with Crippen LogP contribution in [-0.4, -0.2) is 17.1 Å². The molecule has 0 aliphatic heterocycles. The van der Waals surface area contributed by atoms with Gasteiger partial charge < -0.3 is 4.74 Å². The van der Waals surface area contributed by atoms with Crippen molar-refractivity contribution in [1.82, 2.24) is 9.97 Å². The molecule has 3 rings (SSSR count). The molecule has 0 radical (unpaired) electrons. The van der Waals surface area contributed by atoms with Gasteiger partial charge in [-0.15, -0.1) is 0 Å². The van der Waals surface area contributed by atoms with E-state index in [1.54, 1.807) is 13.3 Å². The Kier molecular flexibility index (Phi) is 5.24. The lowest BCUT2D eigenvalue weighted by atomic mass is 10.0. The van der Waals surface area contributed by atoms with E-state index in [4.69, 9.17) is 4.74 Å². The number of rotatable bonds is 5. The maximum Gasteiger partial charge on any atom is 0.163 e. The molecule has 0 fully saturated rings. The lowest BCUT2D eigenvalue weighted by molar-refractivity contribution is 0.416. The van der Waals surface area contributed by atoms with Crippen LogP contribution in [0.15, 0.2) is 60.8 Å². The first kappa shape index (κ1) is 16.9. The van der Waals surface area contributed by atoms with Crippen LogP contribution in [0, 0.1) is 0 Å². The monoisotopic (exact) mass is 330 g/mol. The first-order valence-corrected chi connectivity index (χ1v) is 8.42. The van der Waals surface area contributed by atoms with Crippen molar-refractivity contribution in [3.05, 3.63) is 77.6 Å². The van der Waals surface area contributed by atoms with Crippen molar-refractivity contribution in [3.63, 3.8) is 0 Å². The Morgan fingerprint density at radius 1 is 0.960 bits per heavy atom. The van der Waals surface area contributed by atoms with Gasteiger partial charge in [0, 0.05) is 6.20 Å². The van der Waals surface area contributed by atoms with E-state index in [-0.39, 0.29) is 0 Å². The van der Waals surface area contributed by atoms with E-state index in [0.29, 0.717) is 11.7 Å². The van der Waals surface area contributed by atoms with Crippen LogP contribution in [0.1, 0.15) is 36.6 Å². The van der Waals surface area contributed by atoms with Crippen molar-refractivity contribution in [2.24, 2.45) is 0 Å². The summed E-state index contributed by atoms with van der Waals surface area (Å²) in [5.41, 5.74) is 4.26. The number of ether oxygens (including phenoxy) is 1. The minimum atomic E-state index is 0.518. The van der Waals surface area contributed by atoms with Gasteiger partial charge in [-0.1, -0.05) is 56.3 Å². The maximum atomic E-state index is 5.41. The van der Waals surface area contributed by atoms with Gasteiger partial charge in [0.05, 0.1) is 18.4 Å². The second kappa shape index (κ2) is 7.75. The summed E-state index contributed by atoms with van der Waals surface area (Å²) in [5.74, 6) is 1.95. The highest BCUT2D eigenvalue weighted by atomic mass is 16.5. The van der Waals surface area contributed by atoms with Crippen LogP contribution >= 0.6 is 0 Å². The van der Waals surface area contributed by atoms with Gasteiger partial charge in [0.25, 0.3) is 0 Å². The zero-order chi connectivity index (χ0) is 17.6. The van der Waals surface area contributed by atoms with Crippen LogP contribution in [0.3, 0.4) is 0 Å². The predicted molar refractivity (Wildman–Crippen MR) is 103 cm³/mol. The summed E-state index contributed by atoms with van der Waals surface area (Å²) in [6.07, 6.45) is 5.87. The van der Waals surface area contributed by atoms with Crippen molar-refractivity contribution in [3.8, 4) is 17.1 Å². The van der Waals surface area contributed by atoms with Crippen LogP contribution < -0.4 is 4.74 Å². The average molecular weight is 330 g/mol. The molecule has 126 valence electrons. The molecule has 3 heteroatoms. The smallest absolute Gasteiger partial charge is 0.163 e. The Labute approximate surface area is 149 Å². The Morgan fingerprint density at radius 3 is 2.60 bits per heavy atom. The van der Waals surface area contributed by atoms with Crippen molar-refractivity contribution < 1.29 is 4.74 Å². The molecule has 0 spiro atoms. The van der Waals surface area contributed by atoms with E-state index in [0.717, 1.165) is 17.0 Å². The van der Waals surface area contributed by atoms with Crippen LogP contribution in [0.25, 0.3) is 23.5 Å². The number of para-hydroxylation sites is 1. The fraction of sp³-hybridized carbons (Fsp3) is 0.182. The molecule has 25 heavy (non-hydrogen) atoms. The van der Waals surface area contributed by atoms with Crippen molar-refractivity contribution in [2.45, 2.75) is 19.8 Å². The molecule has 0 saturated heterocycles. The minimum absolute atomic E-state index is 0.518. The maximum absolute atomic E-state index is 5.41. The molecule has 3 aromatic rings. The van der Waals surface area contributed by atoms with Crippen molar-refractivity contribution in [2.75, 3.05) is 7.11 Å². The summed E-state index contributed by atoms with van der Waals surface area (Å²) in [5, 5.41) is 0. The van der Waals surface area contributed by atoms with Gasteiger partial charge in [0.1, 0.15) is 5.75 Å². The standard InChI is InChI=1S/C22H22N2O/c1-16(2)18-8-6-7-17(15-18)11-12-19-13-14-23-22(24-19)20-9-4-5-10-21(20)25-3/h4-16H,1-3H3/b12-11+. The van der Waals surface area contributed by atoms with Gasteiger partial charge in [0.15, 0.2) is 5.82 Å². The predicted octanol–water partition coefficient (Wildman–Crippen LogP) is 5.45.